The summed E-state index contributed by atoms with van der Waals surface area (Å²) >= 11 is 1.30. The average Bonchev–Trinajstić information content (AvgIpc) is 3.35. The summed E-state index contributed by atoms with van der Waals surface area (Å²) in [6.45, 7) is 0.206. The van der Waals surface area contributed by atoms with E-state index in [1.165, 1.54) is 18.4 Å². The fourth-order valence-corrected chi connectivity index (χ4v) is 3.61. The molecule has 1 aromatic heterocycles. The lowest BCUT2D eigenvalue weighted by Crippen LogP contribution is -2.23. The molecule has 3 rings (SSSR count). The van der Waals surface area contributed by atoms with Gasteiger partial charge in [0.05, 0.1) is 12.1 Å². The third-order valence-electron chi connectivity index (χ3n) is 4.19. The van der Waals surface area contributed by atoms with Gasteiger partial charge in [0.2, 0.25) is 5.91 Å². The second-order valence-corrected chi connectivity index (χ2v) is 7.15. The molecule has 0 atom stereocenters. The third-order valence-corrected chi connectivity index (χ3v) is 5.10. The van der Waals surface area contributed by atoms with Crippen LogP contribution in [0.5, 0.6) is 0 Å². The molecule has 2 N–H and O–H groups in total. The van der Waals surface area contributed by atoms with Crippen molar-refractivity contribution < 1.29 is 23.9 Å². The van der Waals surface area contributed by atoms with E-state index in [2.05, 4.69) is 15.6 Å². The summed E-state index contributed by atoms with van der Waals surface area (Å²) in [5.74, 6) is -1.27. The Labute approximate surface area is 171 Å². The molecule has 0 radical (unpaired) electrons. The van der Waals surface area contributed by atoms with Crippen LogP contribution in [0.2, 0.25) is 0 Å². The number of thiazole rings is 1. The van der Waals surface area contributed by atoms with Crippen LogP contribution in [-0.2, 0) is 25.5 Å². The van der Waals surface area contributed by atoms with Gasteiger partial charge in [-0.2, -0.15) is 0 Å². The van der Waals surface area contributed by atoms with Crippen molar-refractivity contribution in [2.24, 2.45) is 0 Å². The second kappa shape index (κ2) is 9.28. The van der Waals surface area contributed by atoms with E-state index >= 15 is 0 Å². The Morgan fingerprint density at radius 3 is 2.66 bits per heavy atom. The van der Waals surface area contributed by atoms with Gasteiger partial charge < -0.3 is 15.4 Å². The smallest absolute Gasteiger partial charge is 0.312 e. The summed E-state index contributed by atoms with van der Waals surface area (Å²) in [4.78, 5) is 53.0. The molecular weight excluding hydrogens is 396 g/mol. The predicted octanol–water partition coefficient (Wildman–Crippen LogP) is 1.35. The zero-order valence-electron chi connectivity index (χ0n) is 15.8. The van der Waals surface area contributed by atoms with E-state index in [9.17, 15) is 19.2 Å². The third kappa shape index (κ3) is 5.38. The zero-order valence-corrected chi connectivity index (χ0v) is 16.6. The monoisotopic (exact) mass is 416 g/mol. The molecule has 0 spiro atoms. The highest BCUT2D eigenvalue weighted by Crippen LogP contribution is 2.25. The maximum Gasteiger partial charge on any atom is 0.312 e. The summed E-state index contributed by atoms with van der Waals surface area (Å²) in [7, 11) is 1.53. The zero-order chi connectivity index (χ0) is 20.8. The maximum atomic E-state index is 12.0. The number of aromatic nitrogens is 1. The molecule has 2 heterocycles. The van der Waals surface area contributed by atoms with Crippen molar-refractivity contribution >= 4 is 45.8 Å². The molecular formula is C19H20N4O5S. The maximum absolute atomic E-state index is 12.0. The SMILES string of the molecule is CNC(=O)c1ccc(NC(=O)COC(=O)Cc2csc(N3CCCC3=O)n2)cc1. The Balaban J connectivity index is 1.44. The van der Waals surface area contributed by atoms with Crippen LogP contribution in [-0.4, -0.2) is 48.9 Å². The number of carbonyl (C=O) groups excluding carboxylic acids is 4. The second-order valence-electron chi connectivity index (χ2n) is 6.31. The largest absolute Gasteiger partial charge is 0.455 e. The van der Waals surface area contributed by atoms with Crippen LogP contribution >= 0.6 is 11.3 Å². The molecule has 0 bridgehead atoms. The molecule has 9 nitrogen and oxygen atoms in total. The minimum absolute atomic E-state index is 0.0357. The number of hydrogen-bond acceptors (Lipinski definition) is 7. The van der Waals surface area contributed by atoms with Crippen molar-refractivity contribution in [2.45, 2.75) is 19.3 Å². The highest BCUT2D eigenvalue weighted by molar-refractivity contribution is 7.14. The summed E-state index contributed by atoms with van der Waals surface area (Å²) in [5.41, 5.74) is 1.45. The van der Waals surface area contributed by atoms with Gasteiger partial charge in [-0.25, -0.2) is 4.98 Å². The van der Waals surface area contributed by atoms with Crippen LogP contribution in [0.1, 0.15) is 28.9 Å². The van der Waals surface area contributed by atoms with Crippen LogP contribution < -0.4 is 15.5 Å². The van der Waals surface area contributed by atoms with E-state index in [0.717, 1.165) is 6.42 Å². The number of anilines is 2. The minimum atomic E-state index is -0.584. The molecule has 1 fully saturated rings. The topological polar surface area (TPSA) is 118 Å². The molecule has 2 aromatic rings. The van der Waals surface area contributed by atoms with E-state index in [0.29, 0.717) is 35.0 Å². The summed E-state index contributed by atoms with van der Waals surface area (Å²) in [6, 6.07) is 6.32. The quantitative estimate of drug-likeness (QED) is 0.658. The number of hydrogen-bond donors (Lipinski definition) is 2. The molecule has 152 valence electrons. The van der Waals surface area contributed by atoms with Crippen LogP contribution in [0.15, 0.2) is 29.6 Å². The number of carbonyl (C=O) groups is 4. The summed E-state index contributed by atoms with van der Waals surface area (Å²) in [6.07, 6.45) is 1.24. The van der Waals surface area contributed by atoms with Crippen molar-refractivity contribution in [2.75, 3.05) is 30.4 Å². The van der Waals surface area contributed by atoms with Crippen molar-refractivity contribution in [1.29, 1.82) is 0 Å². The molecule has 0 aliphatic carbocycles. The lowest BCUT2D eigenvalue weighted by atomic mass is 10.2. The number of esters is 1. The Kier molecular flexibility index (Phi) is 6.55. The minimum Gasteiger partial charge on any atom is -0.455 e. The molecule has 1 aromatic carbocycles. The molecule has 1 aliphatic heterocycles. The highest BCUT2D eigenvalue weighted by atomic mass is 32.1. The summed E-state index contributed by atoms with van der Waals surface area (Å²) < 4.78 is 4.98. The van der Waals surface area contributed by atoms with Crippen LogP contribution in [0.4, 0.5) is 10.8 Å². The van der Waals surface area contributed by atoms with Crippen molar-refractivity contribution in [3.05, 3.63) is 40.9 Å². The first-order valence-electron chi connectivity index (χ1n) is 8.98. The van der Waals surface area contributed by atoms with Gasteiger partial charge >= 0.3 is 5.97 Å². The van der Waals surface area contributed by atoms with Gasteiger partial charge in [-0.15, -0.1) is 11.3 Å². The number of amides is 3. The molecule has 0 saturated carbocycles. The Morgan fingerprint density at radius 1 is 1.24 bits per heavy atom. The van der Waals surface area contributed by atoms with E-state index in [4.69, 9.17) is 4.74 Å². The van der Waals surface area contributed by atoms with Gasteiger partial charge in [-0.05, 0) is 30.7 Å². The Morgan fingerprint density at radius 2 is 2.00 bits per heavy atom. The lowest BCUT2D eigenvalue weighted by molar-refractivity contribution is -0.146. The van der Waals surface area contributed by atoms with E-state index in [-0.39, 0.29) is 18.2 Å². The molecule has 1 aliphatic rings. The lowest BCUT2D eigenvalue weighted by Gasteiger charge is -2.10. The van der Waals surface area contributed by atoms with Crippen molar-refractivity contribution in [1.82, 2.24) is 10.3 Å². The van der Waals surface area contributed by atoms with Gasteiger partial charge in [0.15, 0.2) is 11.7 Å². The molecule has 10 heteroatoms. The van der Waals surface area contributed by atoms with E-state index in [1.54, 1.807) is 34.5 Å². The number of benzene rings is 1. The van der Waals surface area contributed by atoms with Gasteiger partial charge in [-0.1, -0.05) is 0 Å². The van der Waals surface area contributed by atoms with Crippen molar-refractivity contribution in [3.8, 4) is 0 Å². The first-order chi connectivity index (χ1) is 14.0. The summed E-state index contributed by atoms with van der Waals surface area (Å²) in [5, 5.41) is 7.37. The van der Waals surface area contributed by atoms with Crippen LogP contribution in [0, 0.1) is 0 Å². The van der Waals surface area contributed by atoms with Gasteiger partial charge in [-0.3, -0.25) is 24.1 Å². The normalized spacial score (nSPS) is 13.3. The van der Waals surface area contributed by atoms with Crippen LogP contribution in [0.25, 0.3) is 0 Å². The number of rotatable bonds is 7. The van der Waals surface area contributed by atoms with E-state index < -0.39 is 18.5 Å². The fourth-order valence-electron chi connectivity index (χ4n) is 2.74. The number of ether oxygens (including phenoxy) is 1. The van der Waals surface area contributed by atoms with Gasteiger partial charge in [0.1, 0.15) is 0 Å². The molecule has 0 unspecified atom stereocenters. The highest BCUT2D eigenvalue weighted by Gasteiger charge is 2.24. The first-order valence-corrected chi connectivity index (χ1v) is 9.86. The molecule has 3 amide bonds. The number of nitrogens with one attached hydrogen (secondary N) is 2. The molecule has 29 heavy (non-hydrogen) atoms. The number of nitrogens with zero attached hydrogens (tertiary/aromatic N) is 2. The molecule has 1 saturated heterocycles. The van der Waals surface area contributed by atoms with Gasteiger partial charge in [0, 0.05) is 36.6 Å². The Bertz CT molecular complexity index is 925. The Hall–Kier alpha value is -3.27. The average molecular weight is 416 g/mol. The van der Waals surface area contributed by atoms with E-state index in [1.807, 2.05) is 0 Å². The van der Waals surface area contributed by atoms with Crippen molar-refractivity contribution in [3.63, 3.8) is 0 Å². The predicted molar refractivity (Wildman–Crippen MR) is 107 cm³/mol. The van der Waals surface area contributed by atoms with Crippen LogP contribution in [0.3, 0.4) is 0 Å². The van der Waals surface area contributed by atoms with Gasteiger partial charge in [0.25, 0.3) is 11.8 Å². The standard InChI is InChI=1S/C19H20N4O5S/c1-20-18(27)12-4-6-13(7-5-12)21-15(24)10-28-17(26)9-14-11-29-19(22-14)23-8-2-3-16(23)25/h4-7,11H,2-3,8-10H2,1H3,(H,20,27)(H,21,24). The fraction of sp³-hybridized carbons (Fsp3) is 0.316. The first kappa shape index (κ1) is 20.5.